The second-order valence-corrected chi connectivity index (χ2v) is 9.78. The van der Waals surface area contributed by atoms with E-state index in [1.54, 1.807) is 6.07 Å². The Labute approximate surface area is 207 Å². The molecule has 4 rings (SSSR count). The van der Waals surface area contributed by atoms with E-state index in [0.717, 1.165) is 18.4 Å². The molecule has 11 heteroatoms. The van der Waals surface area contributed by atoms with Gasteiger partial charge in [-0.2, -0.15) is 0 Å². The summed E-state index contributed by atoms with van der Waals surface area (Å²) in [5.41, 5.74) is 1.29. The maximum Gasteiger partial charge on any atom is 0.261 e. The van der Waals surface area contributed by atoms with Crippen LogP contribution in [0.1, 0.15) is 28.1 Å². The number of thiophene rings is 1. The van der Waals surface area contributed by atoms with Crippen LogP contribution in [0.2, 0.25) is 0 Å². The van der Waals surface area contributed by atoms with Crippen molar-refractivity contribution < 1.29 is 23.8 Å². The lowest BCUT2D eigenvalue weighted by Gasteiger charge is -2.24. The van der Waals surface area contributed by atoms with Crippen molar-refractivity contribution in [2.24, 2.45) is 0 Å². The standard InChI is InChI=1S/C24H30FN5O4S/c1-14-20-22(29-18-5-4-15(25)10-19(18)34-17-6-8-33-9-7-17)27-13-28-24(20)35-21(14)23(32)26-11-16(31)12-30(2)3/h4-5,10,13,16-17,31H,6-9,11-12H2,1-3H3,(H,26,32)(H,27,28,29). The van der Waals surface area contributed by atoms with Gasteiger partial charge in [0.1, 0.15) is 34.6 Å². The van der Waals surface area contributed by atoms with E-state index in [1.807, 2.05) is 25.9 Å². The van der Waals surface area contributed by atoms with Gasteiger partial charge in [-0.05, 0) is 38.7 Å². The van der Waals surface area contributed by atoms with Crippen molar-refractivity contribution in [2.75, 3.05) is 45.7 Å². The lowest BCUT2D eigenvalue weighted by molar-refractivity contribution is 0.0257. The smallest absolute Gasteiger partial charge is 0.261 e. The van der Waals surface area contributed by atoms with Crippen LogP contribution in [-0.2, 0) is 4.74 Å². The summed E-state index contributed by atoms with van der Waals surface area (Å²) in [5, 5.41) is 16.8. The van der Waals surface area contributed by atoms with E-state index in [-0.39, 0.29) is 18.6 Å². The van der Waals surface area contributed by atoms with Gasteiger partial charge < -0.3 is 30.1 Å². The van der Waals surface area contributed by atoms with Crippen LogP contribution in [-0.4, -0.2) is 78.5 Å². The number of rotatable bonds is 9. The van der Waals surface area contributed by atoms with Crippen LogP contribution in [0, 0.1) is 12.7 Å². The molecular weight excluding hydrogens is 473 g/mol. The van der Waals surface area contributed by atoms with Crippen LogP contribution < -0.4 is 15.4 Å². The molecular formula is C24H30FN5O4S. The molecule has 0 radical (unpaired) electrons. The molecule has 3 N–H and O–H groups in total. The Balaban J connectivity index is 1.57. The molecule has 1 aliphatic rings. The number of anilines is 2. The van der Waals surface area contributed by atoms with Crippen LogP contribution >= 0.6 is 11.3 Å². The Morgan fingerprint density at radius 1 is 1.34 bits per heavy atom. The van der Waals surface area contributed by atoms with Gasteiger partial charge in [-0.3, -0.25) is 4.79 Å². The highest BCUT2D eigenvalue weighted by Gasteiger charge is 2.22. The number of hydrogen-bond donors (Lipinski definition) is 3. The fraction of sp³-hybridized carbons (Fsp3) is 0.458. The number of amides is 1. The lowest BCUT2D eigenvalue weighted by atomic mass is 10.1. The topological polar surface area (TPSA) is 109 Å². The molecule has 2 aromatic heterocycles. The largest absolute Gasteiger partial charge is 0.488 e. The van der Waals surface area contributed by atoms with Crippen molar-refractivity contribution in [3.8, 4) is 5.75 Å². The Morgan fingerprint density at radius 3 is 2.86 bits per heavy atom. The average Bonchev–Trinajstić information content (AvgIpc) is 3.17. The fourth-order valence-electron chi connectivity index (χ4n) is 3.96. The normalized spacial score (nSPS) is 15.4. The summed E-state index contributed by atoms with van der Waals surface area (Å²) in [6, 6.07) is 4.32. The van der Waals surface area contributed by atoms with Gasteiger partial charge in [0.25, 0.3) is 5.91 Å². The van der Waals surface area contributed by atoms with Crippen LogP contribution in [0.4, 0.5) is 15.9 Å². The molecule has 3 aromatic rings. The third-order valence-electron chi connectivity index (χ3n) is 5.67. The SMILES string of the molecule is Cc1c(C(=O)NCC(O)CN(C)C)sc2ncnc(Nc3ccc(F)cc3OC3CCOCC3)c12. The first-order valence-corrected chi connectivity index (χ1v) is 12.3. The number of aryl methyl sites for hydroxylation is 1. The van der Waals surface area contributed by atoms with E-state index in [4.69, 9.17) is 9.47 Å². The minimum Gasteiger partial charge on any atom is -0.488 e. The summed E-state index contributed by atoms with van der Waals surface area (Å²) in [6.45, 7) is 3.65. The van der Waals surface area contributed by atoms with E-state index < -0.39 is 11.9 Å². The van der Waals surface area contributed by atoms with Gasteiger partial charge in [-0.15, -0.1) is 11.3 Å². The first-order chi connectivity index (χ1) is 16.8. The van der Waals surface area contributed by atoms with Crippen molar-refractivity contribution in [3.63, 3.8) is 0 Å². The quantitative estimate of drug-likeness (QED) is 0.409. The molecule has 3 heterocycles. The summed E-state index contributed by atoms with van der Waals surface area (Å²) in [7, 11) is 3.71. The number of ether oxygens (including phenoxy) is 2. The molecule has 35 heavy (non-hydrogen) atoms. The first-order valence-electron chi connectivity index (χ1n) is 11.5. The number of fused-ring (bicyclic) bond motifs is 1. The van der Waals surface area contributed by atoms with E-state index in [0.29, 0.717) is 52.1 Å². The summed E-state index contributed by atoms with van der Waals surface area (Å²) in [6.07, 6.45) is 2.16. The van der Waals surface area contributed by atoms with Crippen LogP contribution in [0.3, 0.4) is 0 Å². The molecule has 1 atom stereocenters. The fourth-order valence-corrected chi connectivity index (χ4v) is 5.02. The van der Waals surface area contributed by atoms with E-state index in [1.165, 1.54) is 29.8 Å². The second kappa shape index (κ2) is 11.3. The highest BCUT2D eigenvalue weighted by Crippen LogP contribution is 2.37. The van der Waals surface area contributed by atoms with Crippen LogP contribution in [0.15, 0.2) is 24.5 Å². The van der Waals surface area contributed by atoms with Crippen molar-refractivity contribution in [2.45, 2.75) is 32.0 Å². The zero-order valence-corrected chi connectivity index (χ0v) is 20.8. The first kappa shape index (κ1) is 25.2. The number of carbonyl (C=O) groups excluding carboxylic acids is 1. The molecule has 0 bridgehead atoms. The van der Waals surface area contributed by atoms with Crippen molar-refractivity contribution >= 4 is 39.0 Å². The summed E-state index contributed by atoms with van der Waals surface area (Å²) >= 11 is 1.26. The van der Waals surface area contributed by atoms with E-state index in [2.05, 4.69) is 20.6 Å². The molecule has 0 aliphatic carbocycles. The number of nitrogens with one attached hydrogen (secondary N) is 2. The van der Waals surface area contributed by atoms with Gasteiger partial charge in [0, 0.05) is 32.0 Å². The number of likely N-dealkylation sites (N-methyl/N-ethyl adjacent to an activating group) is 1. The number of nitrogens with zero attached hydrogens (tertiary/aromatic N) is 3. The van der Waals surface area contributed by atoms with Gasteiger partial charge in [0.15, 0.2) is 0 Å². The van der Waals surface area contributed by atoms with Crippen LogP contribution in [0.5, 0.6) is 5.75 Å². The molecule has 1 aliphatic heterocycles. The monoisotopic (exact) mass is 503 g/mol. The van der Waals surface area contributed by atoms with Gasteiger partial charge in [-0.1, -0.05) is 0 Å². The predicted octanol–water partition coefficient (Wildman–Crippen LogP) is 3.09. The Kier molecular flexibility index (Phi) is 8.11. The van der Waals surface area contributed by atoms with Crippen LogP contribution in [0.25, 0.3) is 10.2 Å². The molecule has 1 unspecified atom stereocenters. The predicted molar refractivity (Wildman–Crippen MR) is 133 cm³/mol. The minimum absolute atomic E-state index is 0.0578. The third-order valence-corrected chi connectivity index (χ3v) is 6.86. The molecule has 188 valence electrons. The Bertz CT molecular complexity index is 1180. The number of aliphatic hydroxyl groups is 1. The molecule has 1 fully saturated rings. The summed E-state index contributed by atoms with van der Waals surface area (Å²) in [4.78, 5) is 24.6. The van der Waals surface area contributed by atoms with E-state index in [9.17, 15) is 14.3 Å². The molecule has 0 saturated carbocycles. The molecule has 1 amide bonds. The molecule has 1 aromatic carbocycles. The second-order valence-electron chi connectivity index (χ2n) is 8.78. The molecule has 0 spiro atoms. The van der Waals surface area contributed by atoms with Gasteiger partial charge in [-0.25, -0.2) is 14.4 Å². The van der Waals surface area contributed by atoms with Gasteiger partial charge >= 0.3 is 0 Å². The lowest BCUT2D eigenvalue weighted by Crippen LogP contribution is -2.37. The number of carbonyl (C=O) groups is 1. The number of benzene rings is 1. The Hall–Kier alpha value is -2.86. The number of aromatic nitrogens is 2. The molecule has 9 nitrogen and oxygen atoms in total. The number of aliphatic hydroxyl groups excluding tert-OH is 1. The number of halogens is 1. The average molecular weight is 504 g/mol. The van der Waals surface area contributed by atoms with E-state index >= 15 is 0 Å². The maximum absolute atomic E-state index is 14.0. The van der Waals surface area contributed by atoms with Gasteiger partial charge in [0.2, 0.25) is 0 Å². The highest BCUT2D eigenvalue weighted by atomic mass is 32.1. The Morgan fingerprint density at radius 2 is 2.11 bits per heavy atom. The zero-order chi connectivity index (χ0) is 24.9. The summed E-state index contributed by atoms with van der Waals surface area (Å²) in [5.74, 6) is 0.218. The van der Waals surface area contributed by atoms with Crippen molar-refractivity contribution in [3.05, 3.63) is 40.8 Å². The van der Waals surface area contributed by atoms with Gasteiger partial charge in [0.05, 0.1) is 35.3 Å². The van der Waals surface area contributed by atoms with Crippen molar-refractivity contribution in [1.82, 2.24) is 20.2 Å². The maximum atomic E-state index is 14.0. The number of hydrogen-bond acceptors (Lipinski definition) is 9. The minimum atomic E-state index is -0.673. The highest BCUT2D eigenvalue weighted by molar-refractivity contribution is 7.20. The third kappa shape index (κ3) is 6.23. The van der Waals surface area contributed by atoms with Crippen molar-refractivity contribution in [1.29, 1.82) is 0 Å². The zero-order valence-electron chi connectivity index (χ0n) is 20.0. The molecule has 1 saturated heterocycles. The summed E-state index contributed by atoms with van der Waals surface area (Å²) < 4.78 is 25.5.